The summed E-state index contributed by atoms with van der Waals surface area (Å²) in [6.07, 6.45) is 1.16. The zero-order valence-electron chi connectivity index (χ0n) is 7.58. The predicted octanol–water partition coefficient (Wildman–Crippen LogP) is 1.44. The fraction of sp³-hybridized carbons (Fsp3) is 0.400. The second kappa shape index (κ2) is 3.26. The summed E-state index contributed by atoms with van der Waals surface area (Å²) in [5.74, 6) is 0.747. The van der Waals surface area contributed by atoms with Crippen molar-refractivity contribution in [2.75, 3.05) is 13.7 Å². The van der Waals surface area contributed by atoms with Crippen molar-refractivity contribution < 1.29 is 9.84 Å². The molecule has 0 amide bonds. The summed E-state index contributed by atoms with van der Waals surface area (Å²) < 4.78 is 5.03. The number of ether oxygens (including phenoxy) is 1. The van der Waals surface area contributed by atoms with E-state index in [1.54, 1.807) is 13.2 Å². The lowest BCUT2D eigenvalue weighted by molar-refractivity contribution is 0.362. The fourth-order valence-electron chi connectivity index (χ4n) is 1.48. The van der Waals surface area contributed by atoms with Crippen LogP contribution >= 0.6 is 0 Å². The van der Waals surface area contributed by atoms with E-state index in [9.17, 15) is 5.11 Å². The Bertz CT molecular complexity index is 308. The first-order valence-corrected chi connectivity index (χ1v) is 4.41. The summed E-state index contributed by atoms with van der Waals surface area (Å²) in [5.41, 5.74) is 1.18. The molecule has 3 nitrogen and oxygen atoms in total. The number of phenols is 1. The van der Waals surface area contributed by atoms with Gasteiger partial charge in [0.15, 0.2) is 11.5 Å². The summed E-state index contributed by atoms with van der Waals surface area (Å²) in [5, 5.41) is 12.7. The van der Waals surface area contributed by atoms with Crippen LogP contribution in [0.1, 0.15) is 18.0 Å². The third-order valence-corrected chi connectivity index (χ3v) is 2.43. The second-order valence-electron chi connectivity index (χ2n) is 3.23. The smallest absolute Gasteiger partial charge is 0.160 e. The first-order chi connectivity index (χ1) is 6.31. The number of methoxy groups -OCH3 is 1. The molecule has 2 rings (SSSR count). The SMILES string of the molecule is COc1cc([C@@H]2CCN2)ccc1O. The highest BCUT2D eigenvalue weighted by molar-refractivity contribution is 5.43. The molecule has 0 spiro atoms. The molecule has 70 valence electrons. The van der Waals surface area contributed by atoms with E-state index in [4.69, 9.17) is 4.74 Å². The molecule has 1 saturated heterocycles. The number of aromatic hydroxyl groups is 1. The Morgan fingerprint density at radius 1 is 1.54 bits per heavy atom. The molecule has 13 heavy (non-hydrogen) atoms. The van der Waals surface area contributed by atoms with Gasteiger partial charge in [-0.05, 0) is 30.7 Å². The topological polar surface area (TPSA) is 41.5 Å². The third-order valence-electron chi connectivity index (χ3n) is 2.43. The molecule has 1 aliphatic heterocycles. The molecule has 1 aromatic rings. The van der Waals surface area contributed by atoms with Crippen LogP contribution in [0, 0.1) is 0 Å². The van der Waals surface area contributed by atoms with Crippen molar-refractivity contribution in [3.05, 3.63) is 23.8 Å². The summed E-state index contributed by atoms with van der Waals surface area (Å²) >= 11 is 0. The highest BCUT2D eigenvalue weighted by Crippen LogP contribution is 2.31. The van der Waals surface area contributed by atoms with Crippen LogP contribution in [-0.4, -0.2) is 18.8 Å². The van der Waals surface area contributed by atoms with Gasteiger partial charge in [-0.15, -0.1) is 0 Å². The van der Waals surface area contributed by atoms with Crippen molar-refractivity contribution in [2.24, 2.45) is 0 Å². The number of rotatable bonds is 2. The minimum Gasteiger partial charge on any atom is -0.504 e. The number of hydrogen-bond acceptors (Lipinski definition) is 3. The Morgan fingerprint density at radius 3 is 2.85 bits per heavy atom. The third kappa shape index (κ3) is 1.47. The molecule has 1 fully saturated rings. The maximum Gasteiger partial charge on any atom is 0.160 e. The molecule has 2 N–H and O–H groups in total. The van der Waals surface area contributed by atoms with Gasteiger partial charge in [0.1, 0.15) is 0 Å². The number of hydrogen-bond donors (Lipinski definition) is 2. The molecule has 1 aliphatic rings. The lowest BCUT2D eigenvalue weighted by Crippen LogP contribution is -2.34. The average molecular weight is 179 g/mol. The van der Waals surface area contributed by atoms with Gasteiger partial charge in [0.05, 0.1) is 7.11 Å². The Kier molecular flexibility index (Phi) is 2.10. The Labute approximate surface area is 77.3 Å². The quantitative estimate of drug-likeness (QED) is 0.721. The zero-order valence-corrected chi connectivity index (χ0v) is 7.58. The van der Waals surface area contributed by atoms with E-state index in [1.165, 1.54) is 5.56 Å². The molecule has 1 aromatic carbocycles. The second-order valence-corrected chi connectivity index (χ2v) is 3.23. The molecule has 0 aromatic heterocycles. The van der Waals surface area contributed by atoms with Crippen molar-refractivity contribution in [1.82, 2.24) is 5.32 Å². The molecule has 0 bridgehead atoms. The lowest BCUT2D eigenvalue weighted by Gasteiger charge is -2.28. The summed E-state index contributed by atoms with van der Waals surface area (Å²) in [6.45, 7) is 1.08. The molecule has 0 aliphatic carbocycles. The van der Waals surface area contributed by atoms with Crippen molar-refractivity contribution in [1.29, 1.82) is 0 Å². The van der Waals surface area contributed by atoms with E-state index in [0.717, 1.165) is 13.0 Å². The van der Waals surface area contributed by atoms with E-state index < -0.39 is 0 Å². The molecular formula is C10H13NO2. The van der Waals surface area contributed by atoms with Gasteiger partial charge in [-0.2, -0.15) is 0 Å². The Hall–Kier alpha value is -1.22. The minimum atomic E-state index is 0.200. The molecule has 0 radical (unpaired) electrons. The van der Waals surface area contributed by atoms with Crippen molar-refractivity contribution in [3.8, 4) is 11.5 Å². The lowest BCUT2D eigenvalue weighted by atomic mass is 9.98. The van der Waals surface area contributed by atoms with Crippen LogP contribution in [0.15, 0.2) is 18.2 Å². The van der Waals surface area contributed by atoms with Gasteiger partial charge in [-0.25, -0.2) is 0 Å². The molecule has 1 atom stereocenters. The van der Waals surface area contributed by atoms with Gasteiger partial charge in [-0.1, -0.05) is 6.07 Å². The van der Waals surface area contributed by atoms with Crippen molar-refractivity contribution in [3.63, 3.8) is 0 Å². The van der Waals surface area contributed by atoms with Gasteiger partial charge in [0, 0.05) is 6.04 Å². The van der Waals surface area contributed by atoms with Crippen LogP contribution in [0.2, 0.25) is 0 Å². The highest BCUT2D eigenvalue weighted by atomic mass is 16.5. The van der Waals surface area contributed by atoms with Gasteiger partial charge in [-0.3, -0.25) is 0 Å². The molecule has 0 saturated carbocycles. The van der Waals surface area contributed by atoms with Crippen molar-refractivity contribution in [2.45, 2.75) is 12.5 Å². The van der Waals surface area contributed by atoms with E-state index >= 15 is 0 Å². The summed E-state index contributed by atoms with van der Waals surface area (Å²) in [7, 11) is 1.56. The maximum atomic E-state index is 9.36. The normalized spacial score (nSPS) is 20.8. The van der Waals surface area contributed by atoms with E-state index in [0.29, 0.717) is 11.8 Å². The van der Waals surface area contributed by atoms with Crippen LogP contribution in [0.5, 0.6) is 11.5 Å². The van der Waals surface area contributed by atoms with E-state index in [-0.39, 0.29) is 5.75 Å². The van der Waals surface area contributed by atoms with Crippen LogP contribution in [0.4, 0.5) is 0 Å². The zero-order chi connectivity index (χ0) is 9.26. The van der Waals surface area contributed by atoms with E-state index in [2.05, 4.69) is 5.32 Å². The van der Waals surface area contributed by atoms with Crippen LogP contribution in [0.3, 0.4) is 0 Å². The summed E-state index contributed by atoms with van der Waals surface area (Å²) in [6, 6.07) is 5.92. The monoisotopic (exact) mass is 179 g/mol. The largest absolute Gasteiger partial charge is 0.504 e. The van der Waals surface area contributed by atoms with Crippen molar-refractivity contribution >= 4 is 0 Å². The van der Waals surface area contributed by atoms with E-state index in [1.807, 2.05) is 12.1 Å². The van der Waals surface area contributed by atoms with Gasteiger partial charge < -0.3 is 15.2 Å². The summed E-state index contributed by atoms with van der Waals surface area (Å²) in [4.78, 5) is 0. The molecule has 0 unspecified atom stereocenters. The highest BCUT2D eigenvalue weighted by Gasteiger charge is 2.19. The first-order valence-electron chi connectivity index (χ1n) is 4.41. The average Bonchev–Trinajstić information content (AvgIpc) is 2.05. The molecule has 3 heteroatoms. The Balaban J connectivity index is 2.26. The van der Waals surface area contributed by atoms with Gasteiger partial charge in [0.25, 0.3) is 0 Å². The number of benzene rings is 1. The van der Waals surface area contributed by atoms with Crippen LogP contribution < -0.4 is 10.1 Å². The minimum absolute atomic E-state index is 0.200. The maximum absolute atomic E-state index is 9.36. The number of phenolic OH excluding ortho intramolecular Hbond substituents is 1. The molecular weight excluding hydrogens is 166 g/mol. The first kappa shape index (κ1) is 8.38. The van der Waals surface area contributed by atoms with Gasteiger partial charge in [0.2, 0.25) is 0 Å². The Morgan fingerprint density at radius 2 is 2.31 bits per heavy atom. The molecule has 1 heterocycles. The van der Waals surface area contributed by atoms with Gasteiger partial charge >= 0.3 is 0 Å². The predicted molar refractivity (Wildman–Crippen MR) is 50.0 cm³/mol. The standard InChI is InChI=1S/C10H13NO2/c1-13-10-6-7(2-3-9(10)12)8-4-5-11-8/h2-3,6,8,11-12H,4-5H2,1H3/t8-/m0/s1. The van der Waals surface area contributed by atoms with Crippen LogP contribution in [-0.2, 0) is 0 Å². The fourth-order valence-corrected chi connectivity index (χ4v) is 1.48. The van der Waals surface area contributed by atoms with Crippen LogP contribution in [0.25, 0.3) is 0 Å². The number of nitrogens with one attached hydrogen (secondary N) is 1.